The van der Waals surface area contributed by atoms with Crippen LogP contribution in [0.3, 0.4) is 0 Å². The topological polar surface area (TPSA) is 21.3 Å². The van der Waals surface area contributed by atoms with Crippen molar-refractivity contribution in [3.05, 3.63) is 65.2 Å². The zero-order valence-electron chi connectivity index (χ0n) is 14.0. The van der Waals surface area contributed by atoms with E-state index in [1.807, 2.05) is 30.3 Å². The first-order chi connectivity index (χ1) is 12.5. The molecule has 1 fully saturated rings. The van der Waals surface area contributed by atoms with Gasteiger partial charge in [-0.15, -0.1) is 11.6 Å². The SMILES string of the molecule is FC(F)(F)c1ccc2c(c1)[C@H]1O[C@@H](CCl)CC[C@H]1[C@H](c1ccccc1)N2. The van der Waals surface area contributed by atoms with E-state index in [4.69, 9.17) is 16.3 Å². The quantitative estimate of drug-likeness (QED) is 0.649. The number of ether oxygens (including phenoxy) is 1. The molecule has 6 heteroatoms. The van der Waals surface area contributed by atoms with E-state index in [0.717, 1.165) is 24.5 Å². The van der Waals surface area contributed by atoms with Crippen LogP contribution >= 0.6 is 11.6 Å². The summed E-state index contributed by atoms with van der Waals surface area (Å²) >= 11 is 5.98. The summed E-state index contributed by atoms with van der Waals surface area (Å²) in [6.07, 6.45) is -3.23. The van der Waals surface area contributed by atoms with Crippen molar-refractivity contribution in [2.75, 3.05) is 11.2 Å². The Morgan fingerprint density at radius 2 is 1.85 bits per heavy atom. The van der Waals surface area contributed by atoms with Gasteiger partial charge in [0.15, 0.2) is 0 Å². The lowest BCUT2D eigenvalue weighted by Crippen LogP contribution is -2.39. The maximum Gasteiger partial charge on any atom is 0.416 e. The van der Waals surface area contributed by atoms with Gasteiger partial charge >= 0.3 is 6.18 Å². The average Bonchev–Trinajstić information content (AvgIpc) is 2.66. The summed E-state index contributed by atoms with van der Waals surface area (Å²) in [4.78, 5) is 0. The van der Waals surface area contributed by atoms with Gasteiger partial charge in [-0.05, 0) is 36.6 Å². The Morgan fingerprint density at radius 3 is 2.54 bits per heavy atom. The van der Waals surface area contributed by atoms with E-state index in [-0.39, 0.29) is 18.1 Å². The van der Waals surface area contributed by atoms with Crippen LogP contribution in [0.4, 0.5) is 18.9 Å². The maximum atomic E-state index is 13.2. The van der Waals surface area contributed by atoms with Crippen molar-refractivity contribution < 1.29 is 17.9 Å². The molecule has 2 aromatic carbocycles. The summed E-state index contributed by atoms with van der Waals surface area (Å²) in [5, 5.41) is 3.44. The molecule has 0 bridgehead atoms. The fourth-order valence-electron chi connectivity index (χ4n) is 4.04. The van der Waals surface area contributed by atoms with E-state index in [2.05, 4.69) is 5.32 Å². The fourth-order valence-corrected chi connectivity index (χ4v) is 4.26. The number of halogens is 4. The Morgan fingerprint density at radius 1 is 1.08 bits per heavy atom. The number of alkyl halides is 4. The van der Waals surface area contributed by atoms with Gasteiger partial charge < -0.3 is 10.1 Å². The average molecular weight is 382 g/mol. The molecule has 0 spiro atoms. The first kappa shape index (κ1) is 17.7. The molecular weight excluding hydrogens is 363 g/mol. The monoisotopic (exact) mass is 381 g/mol. The lowest BCUT2D eigenvalue weighted by Gasteiger charge is -2.45. The van der Waals surface area contributed by atoms with Crippen molar-refractivity contribution in [1.82, 2.24) is 0 Å². The van der Waals surface area contributed by atoms with Crippen LogP contribution in [0, 0.1) is 5.92 Å². The third kappa shape index (κ3) is 3.19. The summed E-state index contributed by atoms with van der Waals surface area (Å²) in [6.45, 7) is 0. The van der Waals surface area contributed by atoms with E-state index in [9.17, 15) is 13.2 Å². The number of nitrogens with one attached hydrogen (secondary N) is 1. The van der Waals surface area contributed by atoms with E-state index in [0.29, 0.717) is 17.1 Å². The second kappa shape index (κ2) is 6.78. The fraction of sp³-hybridized carbons (Fsp3) is 0.400. The molecule has 2 nitrogen and oxygen atoms in total. The van der Waals surface area contributed by atoms with Crippen LogP contribution in [-0.4, -0.2) is 12.0 Å². The van der Waals surface area contributed by atoms with Gasteiger partial charge in [0.2, 0.25) is 0 Å². The summed E-state index contributed by atoms with van der Waals surface area (Å²) < 4.78 is 45.7. The van der Waals surface area contributed by atoms with E-state index >= 15 is 0 Å². The Bertz CT molecular complexity index is 780. The van der Waals surface area contributed by atoms with E-state index < -0.39 is 17.8 Å². The number of hydrogen-bond donors (Lipinski definition) is 1. The maximum absolute atomic E-state index is 13.2. The van der Waals surface area contributed by atoms with Crippen molar-refractivity contribution >= 4 is 17.3 Å². The molecule has 0 aliphatic carbocycles. The van der Waals surface area contributed by atoms with Crippen LogP contribution in [0.5, 0.6) is 0 Å². The Labute approximate surface area is 155 Å². The van der Waals surface area contributed by atoms with Gasteiger partial charge in [0.1, 0.15) is 0 Å². The molecule has 138 valence electrons. The van der Waals surface area contributed by atoms with Gasteiger partial charge in [-0.1, -0.05) is 30.3 Å². The van der Waals surface area contributed by atoms with Crippen molar-refractivity contribution in [2.45, 2.75) is 37.3 Å². The molecule has 1 N–H and O–H groups in total. The van der Waals surface area contributed by atoms with Crippen LogP contribution in [0.1, 0.15) is 41.7 Å². The van der Waals surface area contributed by atoms with Crippen LogP contribution < -0.4 is 5.32 Å². The summed E-state index contributed by atoms with van der Waals surface area (Å²) in [5.74, 6) is 0.411. The number of rotatable bonds is 2. The van der Waals surface area contributed by atoms with Gasteiger partial charge in [-0.2, -0.15) is 13.2 Å². The predicted molar refractivity (Wildman–Crippen MR) is 95.3 cm³/mol. The molecule has 2 aliphatic heterocycles. The number of fused-ring (bicyclic) bond motifs is 3. The third-order valence-corrected chi connectivity index (χ3v) is 5.65. The lowest BCUT2D eigenvalue weighted by molar-refractivity contribution is -0.138. The highest BCUT2D eigenvalue weighted by atomic mass is 35.5. The number of anilines is 1. The minimum Gasteiger partial charge on any atom is -0.378 e. The van der Waals surface area contributed by atoms with Crippen molar-refractivity contribution in [3.8, 4) is 0 Å². The van der Waals surface area contributed by atoms with Crippen LogP contribution in [0.15, 0.2) is 48.5 Å². The molecule has 0 amide bonds. The normalized spacial score (nSPS) is 28.0. The second-order valence-corrected chi connectivity index (χ2v) is 7.22. The minimum atomic E-state index is -4.37. The Hall–Kier alpha value is -1.72. The molecule has 1 saturated heterocycles. The van der Waals surface area contributed by atoms with Crippen LogP contribution in [0.25, 0.3) is 0 Å². The summed E-state index contributed by atoms with van der Waals surface area (Å²) in [5.41, 5.74) is 1.74. The van der Waals surface area contributed by atoms with Crippen molar-refractivity contribution in [1.29, 1.82) is 0 Å². The zero-order valence-corrected chi connectivity index (χ0v) is 14.7. The Kier molecular flexibility index (Phi) is 4.61. The molecule has 4 atom stereocenters. The van der Waals surface area contributed by atoms with Gasteiger partial charge in [-0.25, -0.2) is 0 Å². The highest BCUT2D eigenvalue weighted by Gasteiger charge is 2.43. The summed E-state index contributed by atoms with van der Waals surface area (Å²) in [7, 11) is 0. The van der Waals surface area contributed by atoms with Gasteiger partial charge in [-0.3, -0.25) is 0 Å². The Balaban J connectivity index is 1.77. The van der Waals surface area contributed by atoms with Crippen molar-refractivity contribution in [3.63, 3.8) is 0 Å². The van der Waals surface area contributed by atoms with E-state index in [1.165, 1.54) is 12.1 Å². The second-order valence-electron chi connectivity index (χ2n) is 6.91. The highest BCUT2D eigenvalue weighted by molar-refractivity contribution is 6.18. The molecular formula is C20H19ClF3NO. The van der Waals surface area contributed by atoms with Crippen molar-refractivity contribution in [2.24, 2.45) is 5.92 Å². The number of hydrogen-bond acceptors (Lipinski definition) is 2. The van der Waals surface area contributed by atoms with Gasteiger partial charge in [0.05, 0.1) is 23.8 Å². The molecule has 26 heavy (non-hydrogen) atoms. The van der Waals surface area contributed by atoms with Crippen LogP contribution in [0.2, 0.25) is 0 Å². The minimum absolute atomic E-state index is 0.00159. The lowest BCUT2D eigenvalue weighted by atomic mass is 9.76. The molecule has 2 aliphatic rings. The first-order valence-electron chi connectivity index (χ1n) is 8.71. The van der Waals surface area contributed by atoms with Gasteiger partial charge in [0, 0.05) is 23.0 Å². The predicted octanol–water partition coefficient (Wildman–Crippen LogP) is 5.95. The zero-order chi connectivity index (χ0) is 18.3. The van der Waals surface area contributed by atoms with Gasteiger partial charge in [0.25, 0.3) is 0 Å². The smallest absolute Gasteiger partial charge is 0.378 e. The standard InChI is InChI=1S/C20H19ClF3NO/c21-11-14-7-8-15-18(12-4-2-1-3-5-12)25-17-9-6-13(20(22,23)24)10-16(17)19(15)26-14/h1-6,9-10,14-15,18-19,25H,7-8,11H2/t14-,15+,18+,19+/m1/s1. The molecule has 0 saturated carbocycles. The van der Waals surface area contributed by atoms with E-state index in [1.54, 1.807) is 0 Å². The summed E-state index contributed by atoms with van der Waals surface area (Å²) in [6, 6.07) is 13.8. The molecule has 4 rings (SSSR count). The highest BCUT2D eigenvalue weighted by Crippen LogP contribution is 2.51. The largest absolute Gasteiger partial charge is 0.416 e. The first-order valence-corrected chi connectivity index (χ1v) is 9.25. The molecule has 2 aromatic rings. The third-order valence-electron chi connectivity index (χ3n) is 5.31. The molecule has 0 unspecified atom stereocenters. The number of benzene rings is 2. The molecule has 0 radical (unpaired) electrons. The van der Waals surface area contributed by atoms with Crippen LogP contribution in [-0.2, 0) is 10.9 Å². The molecule has 0 aromatic heterocycles. The molecule has 2 heterocycles.